The zero-order chi connectivity index (χ0) is 13.2. The third-order valence-corrected chi connectivity index (χ3v) is 8.46. The summed E-state index contributed by atoms with van der Waals surface area (Å²) in [6, 6.07) is 0. The molecule has 0 aromatic heterocycles. The molecule has 0 fully saturated rings. The standard InChI is InChI=1S/C8H20P.C5H8O2/c1-5-9(6-2,7-3)8-4;1-4(6)3-5(2)7/h5-8H2,1-4H3;3,6H,1-2H3/q+1;/p-1/b;4-3-. The normalized spacial score (nSPS) is 11.8. The molecule has 2 nitrogen and oxygen atoms in total. The zero-order valence-corrected chi connectivity index (χ0v) is 12.6. The Morgan fingerprint density at radius 2 is 1.31 bits per heavy atom. The molecule has 0 N–H and O–H groups in total. The molecule has 0 unspecified atom stereocenters. The molecule has 0 saturated heterocycles. The second kappa shape index (κ2) is 9.84. The third-order valence-electron chi connectivity index (χ3n) is 3.09. The molecule has 0 aromatic rings. The Morgan fingerprint density at radius 3 is 1.31 bits per heavy atom. The topological polar surface area (TPSA) is 40.1 Å². The van der Waals surface area contributed by atoms with Crippen molar-refractivity contribution in [3.8, 4) is 0 Å². The Morgan fingerprint density at radius 1 is 1.00 bits per heavy atom. The van der Waals surface area contributed by atoms with Crippen LogP contribution in [-0.4, -0.2) is 30.4 Å². The highest BCUT2D eigenvalue weighted by atomic mass is 31.2. The largest absolute Gasteiger partial charge is 0.876 e. The quantitative estimate of drug-likeness (QED) is 0.425. The number of carbonyl (C=O) groups is 1. The van der Waals surface area contributed by atoms with Gasteiger partial charge in [-0.15, -0.1) is 5.76 Å². The van der Waals surface area contributed by atoms with E-state index in [1.165, 1.54) is 38.5 Å². The maximum atomic E-state index is 9.98. The van der Waals surface area contributed by atoms with Crippen LogP contribution in [0.5, 0.6) is 0 Å². The van der Waals surface area contributed by atoms with Gasteiger partial charge < -0.3 is 5.11 Å². The average molecular weight is 246 g/mol. The maximum absolute atomic E-state index is 9.98. The first-order valence-corrected chi connectivity index (χ1v) is 8.61. The number of allylic oxidation sites excluding steroid dienone is 2. The van der Waals surface area contributed by atoms with Gasteiger partial charge in [-0.3, -0.25) is 4.79 Å². The van der Waals surface area contributed by atoms with Gasteiger partial charge in [0, 0.05) is 7.26 Å². The van der Waals surface area contributed by atoms with E-state index in [0.717, 1.165) is 6.08 Å². The van der Waals surface area contributed by atoms with Gasteiger partial charge in [-0.2, -0.15) is 0 Å². The maximum Gasteiger partial charge on any atom is 0.151 e. The molecule has 0 amide bonds. The van der Waals surface area contributed by atoms with Crippen molar-refractivity contribution < 1.29 is 9.90 Å². The molecular formula is C13H27O2P. The predicted molar refractivity (Wildman–Crippen MR) is 73.5 cm³/mol. The third kappa shape index (κ3) is 8.91. The van der Waals surface area contributed by atoms with Crippen molar-refractivity contribution in [2.45, 2.75) is 41.5 Å². The number of rotatable bonds is 5. The summed E-state index contributed by atoms with van der Waals surface area (Å²) >= 11 is 0. The summed E-state index contributed by atoms with van der Waals surface area (Å²) in [5.41, 5.74) is 0. The molecule has 0 aliphatic rings. The number of hydrogen-bond acceptors (Lipinski definition) is 2. The minimum Gasteiger partial charge on any atom is -0.876 e. The van der Waals surface area contributed by atoms with E-state index in [4.69, 9.17) is 0 Å². The van der Waals surface area contributed by atoms with Crippen LogP contribution in [0, 0.1) is 0 Å². The van der Waals surface area contributed by atoms with Gasteiger partial charge in [0.25, 0.3) is 0 Å². The minimum absolute atomic E-state index is 0.187. The SMILES string of the molecule is CC(=O)/C=C(/C)[O-].CC[P+](CC)(CC)CC. The fourth-order valence-corrected chi connectivity index (χ4v) is 4.31. The Bertz CT molecular complexity index is 196. The van der Waals surface area contributed by atoms with Crippen molar-refractivity contribution >= 4 is 13.0 Å². The van der Waals surface area contributed by atoms with Crippen molar-refractivity contribution in [1.82, 2.24) is 0 Å². The molecule has 0 heterocycles. The lowest BCUT2D eigenvalue weighted by Gasteiger charge is -2.20. The Labute approximate surface area is 101 Å². The Kier molecular flexibility index (Phi) is 11.1. The molecule has 0 spiro atoms. The van der Waals surface area contributed by atoms with Gasteiger partial charge in [-0.1, -0.05) is 6.92 Å². The Hall–Kier alpha value is -0.360. The summed E-state index contributed by atoms with van der Waals surface area (Å²) in [6.45, 7) is 12.1. The van der Waals surface area contributed by atoms with Crippen molar-refractivity contribution in [2.24, 2.45) is 0 Å². The van der Waals surface area contributed by atoms with E-state index in [1.807, 2.05) is 0 Å². The molecule has 0 aromatic carbocycles. The van der Waals surface area contributed by atoms with E-state index in [9.17, 15) is 9.90 Å². The molecular weight excluding hydrogens is 219 g/mol. The fourth-order valence-electron chi connectivity index (χ4n) is 1.63. The summed E-state index contributed by atoms with van der Waals surface area (Å²) in [5.74, 6) is -0.375. The first kappa shape index (κ1) is 18.0. The molecule has 0 atom stereocenters. The number of hydrogen-bond donors (Lipinski definition) is 0. The molecule has 0 aliphatic carbocycles. The van der Waals surface area contributed by atoms with Crippen LogP contribution in [0.4, 0.5) is 0 Å². The number of ketones is 1. The van der Waals surface area contributed by atoms with Gasteiger partial charge in [0.2, 0.25) is 0 Å². The van der Waals surface area contributed by atoms with Crippen molar-refractivity contribution in [2.75, 3.05) is 24.6 Å². The van der Waals surface area contributed by atoms with E-state index in [-0.39, 0.29) is 11.5 Å². The van der Waals surface area contributed by atoms with Gasteiger partial charge in [0.05, 0.1) is 24.6 Å². The molecule has 96 valence electrons. The van der Waals surface area contributed by atoms with Crippen LogP contribution >= 0.6 is 7.26 Å². The van der Waals surface area contributed by atoms with E-state index >= 15 is 0 Å². The van der Waals surface area contributed by atoms with E-state index in [0.29, 0.717) is 0 Å². The molecule has 0 rings (SSSR count). The van der Waals surface area contributed by atoms with Gasteiger partial charge in [0.1, 0.15) is 0 Å². The summed E-state index contributed by atoms with van der Waals surface area (Å²) in [4.78, 5) is 9.98. The van der Waals surface area contributed by atoms with Gasteiger partial charge >= 0.3 is 0 Å². The van der Waals surface area contributed by atoms with Gasteiger partial charge in [0.15, 0.2) is 5.78 Å². The second-order valence-electron chi connectivity index (χ2n) is 3.97. The van der Waals surface area contributed by atoms with Crippen molar-refractivity contribution in [1.29, 1.82) is 0 Å². The molecule has 0 aliphatic heterocycles. The van der Waals surface area contributed by atoms with Crippen LogP contribution in [0.15, 0.2) is 11.8 Å². The summed E-state index contributed by atoms with van der Waals surface area (Å²) in [7, 11) is -0.420. The highest BCUT2D eigenvalue weighted by Gasteiger charge is 2.27. The highest BCUT2D eigenvalue weighted by molar-refractivity contribution is 7.75. The molecule has 0 radical (unpaired) electrons. The molecule has 3 heteroatoms. The smallest absolute Gasteiger partial charge is 0.151 e. The molecule has 16 heavy (non-hydrogen) atoms. The van der Waals surface area contributed by atoms with E-state index in [1.54, 1.807) is 0 Å². The van der Waals surface area contributed by atoms with Gasteiger partial charge in [-0.25, -0.2) is 0 Å². The zero-order valence-electron chi connectivity index (χ0n) is 11.7. The average Bonchev–Trinajstić information content (AvgIpc) is 2.21. The Balaban J connectivity index is 0. The summed E-state index contributed by atoms with van der Waals surface area (Å²) < 4.78 is 0. The number of carbonyl (C=O) groups excluding carboxylic acids is 1. The van der Waals surface area contributed by atoms with Crippen LogP contribution in [0.1, 0.15) is 41.5 Å². The summed E-state index contributed by atoms with van der Waals surface area (Å²) in [5, 5.41) is 9.98. The molecule has 0 saturated carbocycles. The first-order chi connectivity index (χ1) is 7.37. The van der Waals surface area contributed by atoms with Crippen molar-refractivity contribution in [3.05, 3.63) is 11.8 Å². The lowest BCUT2D eigenvalue weighted by molar-refractivity contribution is -0.301. The van der Waals surface area contributed by atoms with Crippen molar-refractivity contribution in [3.63, 3.8) is 0 Å². The monoisotopic (exact) mass is 246 g/mol. The van der Waals surface area contributed by atoms with E-state index < -0.39 is 7.26 Å². The van der Waals surface area contributed by atoms with Crippen LogP contribution in [0.3, 0.4) is 0 Å². The second-order valence-corrected chi connectivity index (χ2v) is 9.19. The highest BCUT2D eigenvalue weighted by Crippen LogP contribution is 2.57. The first-order valence-electron chi connectivity index (χ1n) is 6.08. The van der Waals surface area contributed by atoms with Gasteiger partial charge in [-0.05, 0) is 40.7 Å². The lowest BCUT2D eigenvalue weighted by atomic mass is 10.4. The van der Waals surface area contributed by atoms with Crippen LogP contribution in [0.2, 0.25) is 0 Å². The summed E-state index contributed by atoms with van der Waals surface area (Å²) in [6.07, 6.45) is 6.88. The van der Waals surface area contributed by atoms with E-state index in [2.05, 4.69) is 27.7 Å². The van der Waals surface area contributed by atoms with Crippen LogP contribution < -0.4 is 5.11 Å². The fraction of sp³-hybridized carbons (Fsp3) is 0.769. The predicted octanol–water partition coefficient (Wildman–Crippen LogP) is 2.92. The lowest BCUT2D eigenvalue weighted by Crippen LogP contribution is -2.04. The minimum atomic E-state index is -0.420. The molecule has 0 bridgehead atoms. The van der Waals surface area contributed by atoms with Crippen LogP contribution in [0.25, 0.3) is 0 Å². The van der Waals surface area contributed by atoms with Crippen LogP contribution in [-0.2, 0) is 4.79 Å².